The van der Waals surface area contributed by atoms with E-state index in [1.54, 1.807) is 11.3 Å². The number of nitrogens with zero attached hydrogens (tertiary/aromatic N) is 3. The number of rotatable bonds is 4. The van der Waals surface area contributed by atoms with Gasteiger partial charge < -0.3 is 15.2 Å². The lowest BCUT2D eigenvalue weighted by Gasteiger charge is -2.32. The maximum Gasteiger partial charge on any atom is 0.189 e. The number of thiophene rings is 1. The second kappa shape index (κ2) is 6.60. The molecular formula is C18H22N4O2S2. The van der Waals surface area contributed by atoms with E-state index in [1.807, 2.05) is 13.2 Å². The van der Waals surface area contributed by atoms with Crippen LogP contribution in [-0.4, -0.2) is 45.1 Å². The maximum atomic E-state index is 9.18. The molecule has 1 aliphatic heterocycles. The fraction of sp³-hybridized carbons (Fsp3) is 0.500. The zero-order valence-electron chi connectivity index (χ0n) is 15.3. The van der Waals surface area contributed by atoms with Crippen LogP contribution in [0.1, 0.15) is 30.7 Å². The molecule has 6 nitrogen and oxygen atoms in total. The Morgan fingerprint density at radius 1 is 1.27 bits per heavy atom. The van der Waals surface area contributed by atoms with Crippen LogP contribution in [-0.2, 0) is 17.8 Å². The Kier molecular flexibility index (Phi) is 4.54. The molecule has 138 valence electrons. The van der Waals surface area contributed by atoms with Gasteiger partial charge in [-0.3, -0.25) is 0 Å². The number of aromatic nitrogens is 3. The average molecular weight is 391 g/mol. The molecule has 0 fully saturated rings. The van der Waals surface area contributed by atoms with Crippen LogP contribution < -0.4 is 5.32 Å². The van der Waals surface area contributed by atoms with Gasteiger partial charge in [0.15, 0.2) is 5.16 Å². The molecular weight excluding hydrogens is 368 g/mol. The van der Waals surface area contributed by atoms with E-state index in [4.69, 9.17) is 14.7 Å². The van der Waals surface area contributed by atoms with Crippen LogP contribution in [0.2, 0.25) is 0 Å². The number of hydrogen-bond donors (Lipinski definition) is 2. The van der Waals surface area contributed by atoms with Crippen molar-refractivity contribution in [1.82, 2.24) is 15.0 Å². The summed E-state index contributed by atoms with van der Waals surface area (Å²) in [5.74, 6) is 0.772. The normalized spacial score (nSPS) is 16.2. The van der Waals surface area contributed by atoms with Gasteiger partial charge in [0.05, 0.1) is 29.0 Å². The number of pyridine rings is 1. The van der Waals surface area contributed by atoms with E-state index in [-0.39, 0.29) is 12.2 Å². The predicted molar refractivity (Wildman–Crippen MR) is 107 cm³/mol. The standard InChI is InChI=1S/C18H22N4O2S2/c1-9-11-8-24-18(2,3)7-10(11)12-13-14(26-16(12)20-9)15(19-5-6-23)22-17(21-13)25-4/h23H,5-8H2,1-4H3,(H,19,21,22). The number of aliphatic hydroxyl groups is 1. The minimum atomic E-state index is -0.199. The molecule has 8 heteroatoms. The molecule has 0 aliphatic carbocycles. The Balaban J connectivity index is 2.05. The molecule has 3 aromatic rings. The molecule has 0 bridgehead atoms. The zero-order valence-corrected chi connectivity index (χ0v) is 17.0. The first-order valence-electron chi connectivity index (χ1n) is 8.59. The van der Waals surface area contributed by atoms with Gasteiger partial charge in [-0.1, -0.05) is 11.8 Å². The Morgan fingerprint density at radius 3 is 2.81 bits per heavy atom. The number of thioether (sulfide) groups is 1. The molecule has 26 heavy (non-hydrogen) atoms. The molecule has 1 aliphatic rings. The van der Waals surface area contributed by atoms with Crippen LogP contribution in [0.15, 0.2) is 5.16 Å². The first kappa shape index (κ1) is 17.9. The Morgan fingerprint density at radius 2 is 2.08 bits per heavy atom. The number of ether oxygens (including phenoxy) is 1. The summed E-state index contributed by atoms with van der Waals surface area (Å²) in [4.78, 5) is 15.2. The van der Waals surface area contributed by atoms with Gasteiger partial charge in [-0.2, -0.15) is 0 Å². The van der Waals surface area contributed by atoms with Crippen molar-refractivity contribution < 1.29 is 9.84 Å². The highest BCUT2D eigenvalue weighted by Gasteiger charge is 2.31. The molecule has 2 N–H and O–H groups in total. The van der Waals surface area contributed by atoms with E-state index in [9.17, 15) is 5.11 Å². The topological polar surface area (TPSA) is 80.2 Å². The summed E-state index contributed by atoms with van der Waals surface area (Å²) in [7, 11) is 0. The van der Waals surface area contributed by atoms with Gasteiger partial charge in [0.1, 0.15) is 10.6 Å². The number of aliphatic hydroxyl groups excluding tert-OH is 1. The van der Waals surface area contributed by atoms with Crippen LogP contribution in [0.5, 0.6) is 0 Å². The van der Waals surface area contributed by atoms with Crippen LogP contribution in [0.4, 0.5) is 5.82 Å². The zero-order chi connectivity index (χ0) is 18.5. The van der Waals surface area contributed by atoms with Crippen molar-refractivity contribution >= 4 is 49.3 Å². The summed E-state index contributed by atoms with van der Waals surface area (Å²) in [6, 6.07) is 0. The van der Waals surface area contributed by atoms with Crippen molar-refractivity contribution in [3.63, 3.8) is 0 Å². The Bertz CT molecular complexity index is 1000. The maximum absolute atomic E-state index is 9.18. The van der Waals surface area contributed by atoms with Crippen LogP contribution >= 0.6 is 23.1 Å². The van der Waals surface area contributed by atoms with Crippen molar-refractivity contribution in [3.05, 3.63) is 16.8 Å². The van der Waals surface area contributed by atoms with Crippen molar-refractivity contribution in [2.24, 2.45) is 0 Å². The minimum absolute atomic E-state index is 0.0588. The van der Waals surface area contributed by atoms with Gasteiger partial charge in [-0.25, -0.2) is 15.0 Å². The van der Waals surface area contributed by atoms with Crippen LogP contribution in [0.3, 0.4) is 0 Å². The first-order chi connectivity index (χ1) is 12.4. The second-order valence-corrected chi connectivity index (χ2v) is 8.82. The number of hydrogen-bond acceptors (Lipinski definition) is 8. The third-order valence-corrected chi connectivity index (χ3v) is 6.29. The summed E-state index contributed by atoms with van der Waals surface area (Å²) in [5, 5.41) is 14.3. The largest absolute Gasteiger partial charge is 0.395 e. The monoisotopic (exact) mass is 390 g/mol. The average Bonchev–Trinajstić information content (AvgIpc) is 2.96. The molecule has 3 aromatic heterocycles. The molecule has 0 saturated carbocycles. The molecule has 4 rings (SSSR count). The number of anilines is 1. The van der Waals surface area contributed by atoms with E-state index in [2.05, 4.69) is 24.1 Å². The smallest absolute Gasteiger partial charge is 0.189 e. The first-order valence-corrected chi connectivity index (χ1v) is 10.6. The molecule has 0 atom stereocenters. The number of fused-ring (bicyclic) bond motifs is 5. The fourth-order valence-corrected chi connectivity index (χ4v) is 4.92. The number of aryl methyl sites for hydroxylation is 1. The van der Waals surface area contributed by atoms with Gasteiger partial charge in [0.25, 0.3) is 0 Å². The van der Waals surface area contributed by atoms with Crippen LogP contribution in [0, 0.1) is 6.92 Å². The molecule has 0 radical (unpaired) electrons. The van der Waals surface area contributed by atoms with Gasteiger partial charge in [-0.05, 0) is 32.6 Å². The Hall–Kier alpha value is -1.48. The molecule has 4 heterocycles. The lowest BCUT2D eigenvalue weighted by Crippen LogP contribution is -2.32. The highest BCUT2D eigenvalue weighted by molar-refractivity contribution is 7.98. The van der Waals surface area contributed by atoms with Crippen molar-refractivity contribution in [3.8, 4) is 0 Å². The van der Waals surface area contributed by atoms with E-state index in [0.717, 1.165) is 43.5 Å². The predicted octanol–water partition coefficient (Wildman–Crippen LogP) is 3.53. The summed E-state index contributed by atoms with van der Waals surface area (Å²) < 4.78 is 7.01. The summed E-state index contributed by atoms with van der Waals surface area (Å²) in [6.45, 7) is 7.41. The lowest BCUT2D eigenvalue weighted by atomic mass is 9.89. The molecule has 0 aromatic carbocycles. The van der Waals surface area contributed by atoms with E-state index < -0.39 is 0 Å². The van der Waals surface area contributed by atoms with E-state index >= 15 is 0 Å². The van der Waals surface area contributed by atoms with E-state index in [0.29, 0.717) is 13.2 Å². The van der Waals surface area contributed by atoms with Gasteiger partial charge in [-0.15, -0.1) is 11.3 Å². The summed E-state index contributed by atoms with van der Waals surface area (Å²) in [6.07, 6.45) is 2.81. The Labute approximate surface area is 160 Å². The lowest BCUT2D eigenvalue weighted by molar-refractivity contribution is -0.0400. The van der Waals surface area contributed by atoms with Crippen LogP contribution in [0.25, 0.3) is 20.4 Å². The minimum Gasteiger partial charge on any atom is -0.395 e. The quantitative estimate of drug-likeness (QED) is 0.521. The fourth-order valence-electron chi connectivity index (χ4n) is 3.40. The van der Waals surface area contributed by atoms with Crippen molar-refractivity contribution in [2.75, 3.05) is 24.7 Å². The highest BCUT2D eigenvalue weighted by Crippen LogP contribution is 2.42. The second-order valence-electron chi connectivity index (χ2n) is 7.05. The highest BCUT2D eigenvalue weighted by atomic mass is 32.2. The third-order valence-electron chi connectivity index (χ3n) is 4.66. The van der Waals surface area contributed by atoms with Gasteiger partial charge >= 0.3 is 0 Å². The van der Waals surface area contributed by atoms with Crippen molar-refractivity contribution in [1.29, 1.82) is 0 Å². The molecule has 0 amide bonds. The number of nitrogens with one attached hydrogen (secondary N) is 1. The van der Waals surface area contributed by atoms with Gasteiger partial charge in [0, 0.05) is 29.6 Å². The van der Waals surface area contributed by atoms with E-state index in [1.165, 1.54) is 22.9 Å². The van der Waals surface area contributed by atoms with Crippen molar-refractivity contribution in [2.45, 2.75) is 44.6 Å². The third kappa shape index (κ3) is 2.94. The SMILES string of the molecule is CSc1nc(NCCO)c2sc3nc(C)c4c(c3c2n1)CC(C)(C)OC4. The van der Waals surface area contributed by atoms with Gasteiger partial charge in [0.2, 0.25) is 0 Å². The molecule has 0 saturated heterocycles. The summed E-state index contributed by atoms with van der Waals surface area (Å²) in [5.41, 5.74) is 4.26. The molecule has 0 spiro atoms. The summed E-state index contributed by atoms with van der Waals surface area (Å²) >= 11 is 3.13. The molecule has 0 unspecified atom stereocenters.